The van der Waals surface area contributed by atoms with Crippen LogP contribution in [0, 0.1) is 5.95 Å². The van der Waals surface area contributed by atoms with Crippen LogP contribution in [-0.4, -0.2) is 29.4 Å². The molecule has 0 atom stereocenters. The number of thiophene rings is 1. The molecule has 0 bridgehead atoms. The third-order valence-corrected chi connectivity index (χ3v) is 3.53. The van der Waals surface area contributed by atoms with Gasteiger partial charge in [-0.3, -0.25) is 4.79 Å². The smallest absolute Gasteiger partial charge is 0.253 e. The molecular weight excluding hydrogens is 251 g/mol. The van der Waals surface area contributed by atoms with Gasteiger partial charge in [0.25, 0.3) is 5.91 Å². The van der Waals surface area contributed by atoms with Crippen LogP contribution in [0.5, 0.6) is 0 Å². The Morgan fingerprint density at radius 1 is 1.50 bits per heavy atom. The van der Waals surface area contributed by atoms with Gasteiger partial charge in [0.1, 0.15) is 0 Å². The molecule has 5 heteroatoms. The first kappa shape index (κ1) is 12.7. The summed E-state index contributed by atoms with van der Waals surface area (Å²) >= 11 is 1.67. The molecule has 0 unspecified atom stereocenters. The predicted molar refractivity (Wildman–Crippen MR) is 69.2 cm³/mol. The number of likely N-dealkylation sites (N-methyl/N-ethyl adjacent to an activating group) is 1. The fourth-order valence-corrected chi connectivity index (χ4v) is 2.29. The normalized spacial score (nSPS) is 10.3. The van der Waals surface area contributed by atoms with Crippen molar-refractivity contribution >= 4 is 17.2 Å². The zero-order chi connectivity index (χ0) is 13.0. The summed E-state index contributed by atoms with van der Waals surface area (Å²) in [6, 6.07) is 6.70. The summed E-state index contributed by atoms with van der Waals surface area (Å²) in [5, 5.41) is 2.01. The second-order valence-electron chi connectivity index (χ2n) is 3.92. The molecular formula is C13H13FN2OS. The van der Waals surface area contributed by atoms with Crippen LogP contribution in [0.3, 0.4) is 0 Å². The second kappa shape index (κ2) is 5.73. The number of carbonyl (C=O) groups is 1. The molecule has 2 heterocycles. The highest BCUT2D eigenvalue weighted by atomic mass is 32.1. The first-order valence-electron chi connectivity index (χ1n) is 5.56. The summed E-state index contributed by atoms with van der Waals surface area (Å²) < 4.78 is 12.9. The average molecular weight is 264 g/mol. The first-order valence-corrected chi connectivity index (χ1v) is 6.44. The van der Waals surface area contributed by atoms with Gasteiger partial charge in [-0.05, 0) is 23.9 Å². The lowest BCUT2D eigenvalue weighted by Gasteiger charge is -2.16. The van der Waals surface area contributed by atoms with Gasteiger partial charge in [-0.15, -0.1) is 11.3 Å². The van der Waals surface area contributed by atoms with E-state index in [2.05, 4.69) is 4.98 Å². The molecule has 0 spiro atoms. The minimum Gasteiger partial charge on any atom is -0.341 e. The summed E-state index contributed by atoms with van der Waals surface area (Å²) in [6.07, 6.45) is 2.11. The molecule has 0 fully saturated rings. The zero-order valence-electron chi connectivity index (χ0n) is 9.97. The SMILES string of the molecule is CN(CCc1cccs1)C(=O)c1ccnc(F)c1. The summed E-state index contributed by atoms with van der Waals surface area (Å²) in [5.74, 6) is -0.819. The molecule has 0 saturated heterocycles. The summed E-state index contributed by atoms with van der Waals surface area (Å²) in [6.45, 7) is 0.614. The van der Waals surface area contributed by atoms with Gasteiger partial charge < -0.3 is 4.90 Å². The van der Waals surface area contributed by atoms with Crippen LogP contribution in [0.4, 0.5) is 4.39 Å². The van der Waals surface area contributed by atoms with Crippen molar-refractivity contribution in [1.29, 1.82) is 0 Å². The van der Waals surface area contributed by atoms with E-state index in [1.165, 1.54) is 17.1 Å². The number of aromatic nitrogens is 1. The lowest BCUT2D eigenvalue weighted by atomic mass is 10.2. The summed E-state index contributed by atoms with van der Waals surface area (Å²) in [4.78, 5) is 18.2. The molecule has 3 nitrogen and oxygen atoms in total. The van der Waals surface area contributed by atoms with E-state index >= 15 is 0 Å². The summed E-state index contributed by atoms with van der Waals surface area (Å²) in [5.41, 5.74) is 0.330. The third-order valence-electron chi connectivity index (χ3n) is 2.59. The number of nitrogens with zero attached hydrogens (tertiary/aromatic N) is 2. The Morgan fingerprint density at radius 2 is 2.33 bits per heavy atom. The molecule has 0 aliphatic carbocycles. The molecule has 0 aromatic carbocycles. The highest BCUT2D eigenvalue weighted by molar-refractivity contribution is 7.09. The van der Waals surface area contributed by atoms with Crippen molar-refractivity contribution in [3.05, 3.63) is 52.2 Å². The molecule has 1 amide bonds. The fourth-order valence-electron chi connectivity index (χ4n) is 1.59. The van der Waals surface area contributed by atoms with E-state index in [1.54, 1.807) is 23.3 Å². The number of hydrogen-bond acceptors (Lipinski definition) is 3. The van der Waals surface area contributed by atoms with Crippen LogP contribution >= 0.6 is 11.3 Å². The Bertz CT molecular complexity index is 528. The minimum absolute atomic E-state index is 0.187. The van der Waals surface area contributed by atoms with Crippen molar-refractivity contribution < 1.29 is 9.18 Å². The van der Waals surface area contributed by atoms with E-state index in [1.807, 2.05) is 17.5 Å². The molecule has 0 radical (unpaired) electrons. The van der Waals surface area contributed by atoms with Gasteiger partial charge in [-0.2, -0.15) is 4.39 Å². The first-order chi connectivity index (χ1) is 8.66. The van der Waals surface area contributed by atoms with E-state index < -0.39 is 5.95 Å². The highest BCUT2D eigenvalue weighted by Crippen LogP contribution is 2.10. The Balaban J connectivity index is 1.96. The number of halogens is 1. The number of pyridine rings is 1. The zero-order valence-corrected chi connectivity index (χ0v) is 10.8. The van der Waals surface area contributed by atoms with Crippen molar-refractivity contribution in [2.24, 2.45) is 0 Å². The standard InChI is InChI=1S/C13H13FN2OS/c1-16(7-5-11-3-2-8-18-11)13(17)10-4-6-15-12(14)9-10/h2-4,6,8-9H,5,7H2,1H3. The van der Waals surface area contributed by atoms with E-state index in [0.29, 0.717) is 12.1 Å². The van der Waals surface area contributed by atoms with Crippen LogP contribution < -0.4 is 0 Å². The summed E-state index contributed by atoms with van der Waals surface area (Å²) in [7, 11) is 1.72. The highest BCUT2D eigenvalue weighted by Gasteiger charge is 2.12. The Kier molecular flexibility index (Phi) is 4.04. The average Bonchev–Trinajstić information content (AvgIpc) is 2.88. The third kappa shape index (κ3) is 3.13. The van der Waals surface area contributed by atoms with Crippen LogP contribution in [0.2, 0.25) is 0 Å². The molecule has 18 heavy (non-hydrogen) atoms. The molecule has 2 aromatic rings. The van der Waals surface area contributed by atoms with Crippen molar-refractivity contribution in [2.75, 3.05) is 13.6 Å². The van der Waals surface area contributed by atoms with E-state index in [-0.39, 0.29) is 5.91 Å². The fraction of sp³-hybridized carbons (Fsp3) is 0.231. The van der Waals surface area contributed by atoms with Crippen molar-refractivity contribution in [3.8, 4) is 0 Å². The molecule has 2 aromatic heterocycles. The van der Waals surface area contributed by atoms with Crippen LogP contribution in [0.25, 0.3) is 0 Å². The maximum Gasteiger partial charge on any atom is 0.253 e. The monoisotopic (exact) mass is 264 g/mol. The number of hydrogen-bond donors (Lipinski definition) is 0. The van der Waals surface area contributed by atoms with Gasteiger partial charge in [0.15, 0.2) is 0 Å². The Labute approximate surface area is 109 Å². The minimum atomic E-state index is -0.632. The van der Waals surface area contributed by atoms with Crippen molar-refractivity contribution in [2.45, 2.75) is 6.42 Å². The Hall–Kier alpha value is -1.75. The lowest BCUT2D eigenvalue weighted by Crippen LogP contribution is -2.28. The molecule has 0 aliphatic heterocycles. The van der Waals surface area contributed by atoms with Gasteiger partial charge >= 0.3 is 0 Å². The Morgan fingerprint density at radius 3 is 3.00 bits per heavy atom. The van der Waals surface area contributed by atoms with E-state index in [9.17, 15) is 9.18 Å². The van der Waals surface area contributed by atoms with Crippen LogP contribution in [0.1, 0.15) is 15.2 Å². The van der Waals surface area contributed by atoms with Gasteiger partial charge in [-0.1, -0.05) is 6.07 Å². The van der Waals surface area contributed by atoms with E-state index in [4.69, 9.17) is 0 Å². The second-order valence-corrected chi connectivity index (χ2v) is 4.96. The lowest BCUT2D eigenvalue weighted by molar-refractivity contribution is 0.0796. The molecule has 94 valence electrons. The number of amides is 1. The predicted octanol–water partition coefficient (Wildman–Crippen LogP) is 2.60. The van der Waals surface area contributed by atoms with E-state index in [0.717, 1.165) is 12.5 Å². The van der Waals surface area contributed by atoms with Gasteiger partial charge in [0.2, 0.25) is 5.95 Å². The van der Waals surface area contributed by atoms with Crippen LogP contribution in [-0.2, 0) is 6.42 Å². The molecule has 0 aliphatic rings. The number of carbonyl (C=O) groups excluding carboxylic acids is 1. The quantitative estimate of drug-likeness (QED) is 0.795. The number of rotatable bonds is 4. The maximum absolute atomic E-state index is 12.9. The van der Waals surface area contributed by atoms with Crippen molar-refractivity contribution in [3.63, 3.8) is 0 Å². The largest absolute Gasteiger partial charge is 0.341 e. The topological polar surface area (TPSA) is 33.2 Å². The van der Waals surface area contributed by atoms with Crippen molar-refractivity contribution in [1.82, 2.24) is 9.88 Å². The van der Waals surface area contributed by atoms with Crippen LogP contribution in [0.15, 0.2) is 35.8 Å². The van der Waals surface area contributed by atoms with Gasteiger partial charge in [0.05, 0.1) is 0 Å². The maximum atomic E-state index is 12.9. The van der Waals surface area contributed by atoms with Gasteiger partial charge in [-0.25, -0.2) is 4.98 Å². The van der Waals surface area contributed by atoms with Gasteiger partial charge in [0, 0.05) is 36.3 Å². The molecule has 2 rings (SSSR count). The molecule has 0 saturated carbocycles. The molecule has 0 N–H and O–H groups in total.